The minimum Gasteiger partial charge on any atom is -0.497 e. The molecule has 0 radical (unpaired) electrons. The lowest BCUT2D eigenvalue weighted by Gasteiger charge is -2.34. The molecule has 0 aliphatic carbocycles. The Morgan fingerprint density at radius 2 is 1.55 bits per heavy atom. The van der Waals surface area contributed by atoms with E-state index in [9.17, 15) is 22.4 Å². The zero-order valence-corrected chi connectivity index (χ0v) is 28.5. The number of benzene rings is 4. The van der Waals surface area contributed by atoms with E-state index in [-0.39, 0.29) is 34.6 Å². The van der Waals surface area contributed by atoms with Crippen molar-refractivity contribution in [1.29, 1.82) is 0 Å². The summed E-state index contributed by atoms with van der Waals surface area (Å²) in [5.41, 5.74) is 1.44. The van der Waals surface area contributed by atoms with Crippen LogP contribution in [0.25, 0.3) is 0 Å². The molecule has 0 saturated heterocycles. The number of sulfonamides is 1. The van der Waals surface area contributed by atoms with Crippen LogP contribution in [0.2, 0.25) is 10.0 Å². The molecule has 1 N–H and O–H groups in total. The van der Waals surface area contributed by atoms with Crippen LogP contribution in [0.1, 0.15) is 31.4 Å². The van der Waals surface area contributed by atoms with Crippen LogP contribution in [-0.2, 0) is 32.6 Å². The summed E-state index contributed by atoms with van der Waals surface area (Å²) in [5, 5.41) is 3.56. The van der Waals surface area contributed by atoms with Crippen molar-refractivity contribution in [1.82, 2.24) is 10.2 Å². The Labute approximate surface area is 285 Å². The highest BCUT2D eigenvalue weighted by Crippen LogP contribution is 2.28. The van der Waals surface area contributed by atoms with Gasteiger partial charge in [0, 0.05) is 19.0 Å². The predicted molar refractivity (Wildman–Crippen MR) is 183 cm³/mol. The lowest BCUT2D eigenvalue weighted by molar-refractivity contribution is -0.140. The van der Waals surface area contributed by atoms with Gasteiger partial charge in [0.05, 0.1) is 27.7 Å². The molecule has 4 aromatic rings. The Morgan fingerprint density at radius 1 is 0.894 bits per heavy atom. The van der Waals surface area contributed by atoms with Crippen LogP contribution >= 0.6 is 23.2 Å². The quantitative estimate of drug-likeness (QED) is 0.155. The van der Waals surface area contributed by atoms with E-state index in [2.05, 4.69) is 5.32 Å². The number of amides is 2. The van der Waals surface area contributed by atoms with Gasteiger partial charge < -0.3 is 15.0 Å². The standard InChI is InChI=1S/C35H36Cl2FN3O5S/c1-4-24(2)39-35(43)33(21-25-8-6-5-7-9-25)40(22-26-10-19-31(36)32(37)20-26)34(42)23-41(28-13-11-27(38)12-14-28)47(44,45)30-17-15-29(46-3)16-18-30/h5-20,24,33H,4,21-23H2,1-3H3,(H,39,43)/t24-,33-/m1/s1. The Balaban J connectivity index is 1.82. The largest absolute Gasteiger partial charge is 0.497 e. The first kappa shape index (κ1) is 35.7. The number of hydrogen-bond donors (Lipinski definition) is 1. The molecule has 0 saturated carbocycles. The molecule has 0 bridgehead atoms. The molecule has 0 aliphatic rings. The summed E-state index contributed by atoms with van der Waals surface area (Å²) in [6, 6.07) is 23.4. The molecule has 12 heteroatoms. The SMILES string of the molecule is CC[C@@H](C)NC(=O)[C@@H](Cc1ccccc1)N(Cc1ccc(Cl)c(Cl)c1)C(=O)CN(c1ccc(F)cc1)S(=O)(=O)c1ccc(OC)cc1. The van der Waals surface area contributed by atoms with Crippen molar-refractivity contribution in [2.45, 2.75) is 50.2 Å². The third-order valence-electron chi connectivity index (χ3n) is 7.65. The molecule has 2 amide bonds. The van der Waals surface area contributed by atoms with Crippen LogP contribution in [0.15, 0.2) is 102 Å². The number of rotatable bonds is 14. The van der Waals surface area contributed by atoms with Gasteiger partial charge in [0.2, 0.25) is 11.8 Å². The first-order valence-corrected chi connectivity index (χ1v) is 17.1. The van der Waals surface area contributed by atoms with Gasteiger partial charge in [0.15, 0.2) is 0 Å². The zero-order chi connectivity index (χ0) is 34.1. The second-order valence-electron chi connectivity index (χ2n) is 11.0. The minimum absolute atomic E-state index is 0.0636. The maximum Gasteiger partial charge on any atom is 0.264 e. The van der Waals surface area contributed by atoms with Gasteiger partial charge >= 0.3 is 0 Å². The molecule has 0 aromatic heterocycles. The minimum atomic E-state index is -4.36. The van der Waals surface area contributed by atoms with Crippen molar-refractivity contribution in [3.63, 3.8) is 0 Å². The molecule has 4 aromatic carbocycles. The summed E-state index contributed by atoms with van der Waals surface area (Å²) in [7, 11) is -2.91. The number of anilines is 1. The number of methoxy groups -OCH3 is 1. The topological polar surface area (TPSA) is 96.0 Å². The van der Waals surface area contributed by atoms with E-state index in [1.54, 1.807) is 18.2 Å². The smallest absolute Gasteiger partial charge is 0.264 e. The Kier molecular flexibility index (Phi) is 12.3. The van der Waals surface area contributed by atoms with Gasteiger partial charge in [-0.15, -0.1) is 0 Å². The molecule has 47 heavy (non-hydrogen) atoms. The van der Waals surface area contributed by atoms with Crippen molar-refractivity contribution in [2.24, 2.45) is 0 Å². The molecule has 8 nitrogen and oxygen atoms in total. The molecule has 4 rings (SSSR count). The van der Waals surface area contributed by atoms with Crippen molar-refractivity contribution in [2.75, 3.05) is 18.0 Å². The summed E-state index contributed by atoms with van der Waals surface area (Å²) in [4.78, 5) is 29.7. The summed E-state index contributed by atoms with van der Waals surface area (Å²) in [5.74, 6) is -1.20. The number of hydrogen-bond acceptors (Lipinski definition) is 5. The number of halogens is 3. The average molecular weight is 701 g/mol. The van der Waals surface area contributed by atoms with Gasteiger partial charge in [-0.05, 0) is 85.1 Å². The summed E-state index contributed by atoms with van der Waals surface area (Å²) in [6.07, 6.45) is 0.806. The van der Waals surface area contributed by atoms with Gasteiger partial charge in [0.1, 0.15) is 24.2 Å². The number of nitrogens with one attached hydrogen (secondary N) is 1. The van der Waals surface area contributed by atoms with E-state index in [0.29, 0.717) is 22.8 Å². The number of ether oxygens (including phenoxy) is 1. The number of nitrogens with zero attached hydrogens (tertiary/aromatic N) is 2. The first-order chi connectivity index (χ1) is 22.4. The van der Waals surface area contributed by atoms with Crippen LogP contribution < -0.4 is 14.4 Å². The third kappa shape index (κ3) is 9.24. The molecule has 0 spiro atoms. The highest BCUT2D eigenvalue weighted by molar-refractivity contribution is 7.92. The third-order valence-corrected chi connectivity index (χ3v) is 10.2. The van der Waals surface area contributed by atoms with E-state index in [1.807, 2.05) is 44.2 Å². The monoisotopic (exact) mass is 699 g/mol. The molecule has 0 heterocycles. The van der Waals surface area contributed by atoms with E-state index in [1.165, 1.54) is 48.4 Å². The van der Waals surface area contributed by atoms with Crippen molar-refractivity contribution >= 4 is 50.7 Å². The van der Waals surface area contributed by atoms with E-state index in [0.717, 1.165) is 22.0 Å². The van der Waals surface area contributed by atoms with E-state index < -0.39 is 40.2 Å². The highest BCUT2D eigenvalue weighted by atomic mass is 35.5. The van der Waals surface area contributed by atoms with Gasteiger partial charge in [-0.3, -0.25) is 13.9 Å². The average Bonchev–Trinajstić information content (AvgIpc) is 3.07. The second-order valence-corrected chi connectivity index (χ2v) is 13.6. The van der Waals surface area contributed by atoms with Crippen molar-refractivity contribution in [3.05, 3.63) is 124 Å². The Hall–Kier alpha value is -4.12. The van der Waals surface area contributed by atoms with Gasteiger partial charge in [-0.25, -0.2) is 12.8 Å². The lowest BCUT2D eigenvalue weighted by atomic mass is 10.0. The zero-order valence-electron chi connectivity index (χ0n) is 26.2. The summed E-state index contributed by atoms with van der Waals surface area (Å²) < 4.78 is 48.3. The highest BCUT2D eigenvalue weighted by Gasteiger charge is 2.35. The van der Waals surface area contributed by atoms with Crippen LogP contribution in [0.3, 0.4) is 0 Å². The van der Waals surface area contributed by atoms with Crippen LogP contribution in [0, 0.1) is 5.82 Å². The first-order valence-electron chi connectivity index (χ1n) is 14.9. The maximum absolute atomic E-state index is 14.5. The maximum atomic E-state index is 14.5. The number of carbonyl (C=O) groups is 2. The molecule has 0 aliphatic heterocycles. The van der Waals surface area contributed by atoms with E-state index >= 15 is 0 Å². The molecular weight excluding hydrogens is 664 g/mol. The molecule has 248 valence electrons. The van der Waals surface area contributed by atoms with Crippen LogP contribution in [0.4, 0.5) is 10.1 Å². The molecule has 0 fully saturated rings. The van der Waals surface area contributed by atoms with Crippen LogP contribution in [0.5, 0.6) is 5.75 Å². The van der Waals surface area contributed by atoms with Crippen molar-refractivity contribution < 1.29 is 27.1 Å². The Bertz CT molecular complexity index is 1780. The van der Waals surface area contributed by atoms with Gasteiger partial charge in [0.25, 0.3) is 10.0 Å². The molecule has 2 atom stereocenters. The van der Waals surface area contributed by atoms with Crippen LogP contribution in [-0.4, -0.2) is 50.9 Å². The van der Waals surface area contributed by atoms with Gasteiger partial charge in [-0.1, -0.05) is 66.5 Å². The summed E-state index contributed by atoms with van der Waals surface area (Å²) in [6.45, 7) is 3.02. The normalized spacial score (nSPS) is 12.6. The second kappa shape index (κ2) is 16.1. The van der Waals surface area contributed by atoms with Gasteiger partial charge in [-0.2, -0.15) is 0 Å². The van der Waals surface area contributed by atoms with E-state index in [4.69, 9.17) is 27.9 Å². The molecular formula is C35H36Cl2FN3O5S. The Morgan fingerprint density at radius 3 is 2.15 bits per heavy atom. The number of carbonyl (C=O) groups excluding carboxylic acids is 2. The fourth-order valence-electron chi connectivity index (χ4n) is 4.84. The lowest BCUT2D eigenvalue weighted by Crippen LogP contribution is -2.54. The predicted octanol–water partition coefficient (Wildman–Crippen LogP) is 6.89. The molecule has 0 unspecified atom stereocenters. The summed E-state index contributed by atoms with van der Waals surface area (Å²) >= 11 is 12.5. The fraction of sp³-hybridized carbons (Fsp3) is 0.257. The van der Waals surface area contributed by atoms with Crippen molar-refractivity contribution in [3.8, 4) is 5.75 Å². The fourth-order valence-corrected chi connectivity index (χ4v) is 6.58.